The second-order valence-electron chi connectivity index (χ2n) is 4.29. The van der Waals surface area contributed by atoms with E-state index in [-0.39, 0.29) is 17.8 Å². The van der Waals surface area contributed by atoms with Crippen LogP contribution in [0.5, 0.6) is 5.75 Å². The molecule has 0 aromatic heterocycles. The molecular weight excluding hydrogens is 218 g/mol. The molecule has 1 atom stereocenters. The number of benzene rings is 1. The summed E-state index contributed by atoms with van der Waals surface area (Å²) in [4.78, 5) is 11.9. The monoisotopic (exact) mass is 235 g/mol. The van der Waals surface area contributed by atoms with Crippen LogP contribution < -0.4 is 5.32 Å². The maximum atomic E-state index is 11.9. The number of nitrogens with one attached hydrogen (secondary N) is 1. The van der Waals surface area contributed by atoms with E-state index in [0.717, 1.165) is 19.3 Å². The van der Waals surface area contributed by atoms with Gasteiger partial charge in [-0.2, -0.15) is 0 Å². The van der Waals surface area contributed by atoms with E-state index in [1.54, 1.807) is 25.1 Å². The van der Waals surface area contributed by atoms with Crippen LogP contribution >= 0.6 is 0 Å². The van der Waals surface area contributed by atoms with Gasteiger partial charge in [0.15, 0.2) is 0 Å². The summed E-state index contributed by atoms with van der Waals surface area (Å²) in [7, 11) is 0. The zero-order valence-electron chi connectivity index (χ0n) is 9.90. The van der Waals surface area contributed by atoms with Gasteiger partial charge in [0.2, 0.25) is 0 Å². The third kappa shape index (κ3) is 2.77. The van der Waals surface area contributed by atoms with Crippen LogP contribution in [0.25, 0.3) is 0 Å². The lowest BCUT2D eigenvalue weighted by Crippen LogP contribution is -2.33. The molecule has 1 heterocycles. The van der Waals surface area contributed by atoms with E-state index < -0.39 is 0 Å². The first-order valence-corrected chi connectivity index (χ1v) is 5.89. The summed E-state index contributed by atoms with van der Waals surface area (Å²) in [6, 6.07) is 5.08. The number of hydrogen-bond acceptors (Lipinski definition) is 3. The van der Waals surface area contributed by atoms with Crippen molar-refractivity contribution in [2.24, 2.45) is 0 Å². The van der Waals surface area contributed by atoms with Gasteiger partial charge in [0.05, 0.1) is 0 Å². The molecule has 17 heavy (non-hydrogen) atoms. The van der Waals surface area contributed by atoms with E-state index in [0.29, 0.717) is 17.9 Å². The van der Waals surface area contributed by atoms with Crippen molar-refractivity contribution in [2.45, 2.75) is 32.3 Å². The number of phenols is 1. The maximum Gasteiger partial charge on any atom is 0.253 e. The van der Waals surface area contributed by atoms with Crippen molar-refractivity contribution in [3.05, 3.63) is 23.8 Å². The van der Waals surface area contributed by atoms with Gasteiger partial charge in [-0.3, -0.25) is 4.79 Å². The molecule has 0 spiro atoms. The van der Waals surface area contributed by atoms with Gasteiger partial charge in [-0.05, 0) is 38.3 Å². The van der Waals surface area contributed by atoms with Crippen molar-refractivity contribution in [3.8, 4) is 5.75 Å². The van der Waals surface area contributed by atoms with Crippen LogP contribution in [0.3, 0.4) is 0 Å². The summed E-state index contributed by atoms with van der Waals surface area (Å²) in [5, 5.41) is 12.3. The van der Waals surface area contributed by atoms with Crippen molar-refractivity contribution < 1.29 is 14.6 Å². The Hall–Kier alpha value is -1.55. The Morgan fingerprint density at radius 3 is 3.00 bits per heavy atom. The molecule has 92 valence electrons. The Labute approximate surface area is 101 Å². The SMILES string of the molecule is Cc1c(O)cccc1NC(=O)C1CCCCO1. The lowest BCUT2D eigenvalue weighted by Gasteiger charge is -2.22. The molecule has 0 aliphatic carbocycles. The quantitative estimate of drug-likeness (QED) is 0.826. The highest BCUT2D eigenvalue weighted by Gasteiger charge is 2.22. The van der Waals surface area contributed by atoms with E-state index in [1.165, 1.54) is 0 Å². The first-order valence-electron chi connectivity index (χ1n) is 5.89. The molecular formula is C13H17NO3. The molecule has 1 aromatic carbocycles. The van der Waals surface area contributed by atoms with Crippen LogP contribution in [-0.2, 0) is 9.53 Å². The zero-order chi connectivity index (χ0) is 12.3. The topological polar surface area (TPSA) is 58.6 Å². The molecule has 0 bridgehead atoms. The lowest BCUT2D eigenvalue weighted by molar-refractivity contribution is -0.129. The van der Waals surface area contributed by atoms with Crippen LogP contribution in [0.15, 0.2) is 18.2 Å². The smallest absolute Gasteiger partial charge is 0.253 e. The van der Waals surface area contributed by atoms with E-state index in [9.17, 15) is 9.90 Å². The van der Waals surface area contributed by atoms with E-state index in [4.69, 9.17) is 4.74 Å². The van der Waals surface area contributed by atoms with E-state index in [1.807, 2.05) is 0 Å². The number of anilines is 1. The summed E-state index contributed by atoms with van der Waals surface area (Å²) >= 11 is 0. The highest BCUT2D eigenvalue weighted by Crippen LogP contribution is 2.24. The van der Waals surface area contributed by atoms with Gasteiger partial charge >= 0.3 is 0 Å². The number of rotatable bonds is 2. The molecule has 1 amide bonds. The summed E-state index contributed by atoms with van der Waals surface area (Å²) in [6.45, 7) is 2.42. The second kappa shape index (κ2) is 5.19. The highest BCUT2D eigenvalue weighted by atomic mass is 16.5. The zero-order valence-corrected chi connectivity index (χ0v) is 9.90. The van der Waals surface area contributed by atoms with Gasteiger partial charge in [-0.1, -0.05) is 6.07 Å². The summed E-state index contributed by atoms with van der Waals surface area (Å²) < 4.78 is 5.41. The summed E-state index contributed by atoms with van der Waals surface area (Å²) in [5.74, 6) is 0.0609. The van der Waals surface area contributed by atoms with Crippen LogP contribution in [0, 0.1) is 6.92 Å². The molecule has 0 radical (unpaired) electrons. The second-order valence-corrected chi connectivity index (χ2v) is 4.29. The minimum Gasteiger partial charge on any atom is -0.508 e. The molecule has 2 rings (SSSR count). The minimum atomic E-state index is -0.356. The third-order valence-corrected chi connectivity index (χ3v) is 3.04. The number of ether oxygens (including phenoxy) is 1. The molecule has 1 aromatic rings. The standard InChI is InChI=1S/C13H17NO3/c1-9-10(5-4-6-11(9)15)14-13(16)12-7-2-3-8-17-12/h4-6,12,15H,2-3,7-8H2,1H3,(H,14,16). The maximum absolute atomic E-state index is 11.9. The molecule has 1 saturated heterocycles. The Kier molecular flexibility index (Phi) is 3.64. The molecule has 2 N–H and O–H groups in total. The number of amides is 1. The Morgan fingerprint density at radius 2 is 2.29 bits per heavy atom. The van der Waals surface area contributed by atoms with Crippen molar-refractivity contribution in [3.63, 3.8) is 0 Å². The third-order valence-electron chi connectivity index (χ3n) is 3.04. The number of hydrogen-bond donors (Lipinski definition) is 2. The molecule has 1 fully saturated rings. The molecule has 4 heteroatoms. The Bertz CT molecular complexity index is 411. The predicted molar refractivity (Wildman–Crippen MR) is 65.1 cm³/mol. The van der Waals surface area contributed by atoms with E-state index >= 15 is 0 Å². The molecule has 1 aliphatic rings. The fourth-order valence-electron chi connectivity index (χ4n) is 1.92. The van der Waals surface area contributed by atoms with Gasteiger partial charge in [0, 0.05) is 17.9 Å². The molecule has 4 nitrogen and oxygen atoms in total. The Balaban J connectivity index is 2.04. The average Bonchev–Trinajstić information content (AvgIpc) is 2.36. The molecule has 1 unspecified atom stereocenters. The van der Waals surface area contributed by atoms with Crippen LogP contribution in [0.2, 0.25) is 0 Å². The normalized spacial score (nSPS) is 19.9. The average molecular weight is 235 g/mol. The predicted octanol–water partition coefficient (Wildman–Crippen LogP) is 2.21. The lowest BCUT2D eigenvalue weighted by atomic mass is 10.1. The summed E-state index contributed by atoms with van der Waals surface area (Å²) in [6.07, 6.45) is 2.46. The van der Waals surface area contributed by atoms with Crippen LogP contribution in [-0.4, -0.2) is 23.7 Å². The van der Waals surface area contributed by atoms with Crippen molar-refractivity contribution >= 4 is 11.6 Å². The van der Waals surface area contributed by atoms with Crippen LogP contribution in [0.4, 0.5) is 5.69 Å². The number of aromatic hydroxyl groups is 1. The van der Waals surface area contributed by atoms with Gasteiger partial charge < -0.3 is 15.2 Å². The highest BCUT2D eigenvalue weighted by molar-refractivity contribution is 5.95. The molecule has 1 aliphatic heterocycles. The minimum absolute atomic E-state index is 0.126. The van der Waals surface area contributed by atoms with Gasteiger partial charge in [-0.15, -0.1) is 0 Å². The number of carbonyl (C=O) groups is 1. The first kappa shape index (κ1) is 11.9. The fourth-order valence-corrected chi connectivity index (χ4v) is 1.92. The Morgan fingerprint density at radius 1 is 1.47 bits per heavy atom. The first-order chi connectivity index (χ1) is 8.18. The van der Waals surface area contributed by atoms with Gasteiger partial charge in [0.1, 0.15) is 11.9 Å². The number of carbonyl (C=O) groups excluding carboxylic acids is 1. The fraction of sp³-hybridized carbons (Fsp3) is 0.462. The van der Waals surface area contributed by atoms with Gasteiger partial charge in [0.25, 0.3) is 5.91 Å². The van der Waals surface area contributed by atoms with Gasteiger partial charge in [-0.25, -0.2) is 0 Å². The number of phenolic OH excluding ortho intramolecular Hbond substituents is 1. The van der Waals surface area contributed by atoms with E-state index in [2.05, 4.69) is 5.32 Å². The van der Waals surface area contributed by atoms with Crippen LogP contribution in [0.1, 0.15) is 24.8 Å². The largest absolute Gasteiger partial charge is 0.508 e. The summed E-state index contributed by atoms with van der Waals surface area (Å²) in [5.41, 5.74) is 1.32. The van der Waals surface area contributed by atoms with Crippen molar-refractivity contribution in [2.75, 3.05) is 11.9 Å². The van der Waals surface area contributed by atoms with Crippen molar-refractivity contribution in [1.82, 2.24) is 0 Å². The molecule has 0 saturated carbocycles. The van der Waals surface area contributed by atoms with Crippen molar-refractivity contribution in [1.29, 1.82) is 0 Å².